The van der Waals surface area contributed by atoms with Crippen molar-refractivity contribution >= 4 is 29.7 Å². The molecule has 1 rings (SSSR count). The highest BCUT2D eigenvalue weighted by Crippen LogP contribution is 2.11. The van der Waals surface area contributed by atoms with Gasteiger partial charge in [-0.1, -0.05) is 64.4 Å². The zero-order valence-corrected chi connectivity index (χ0v) is 20.5. The summed E-state index contributed by atoms with van der Waals surface area (Å²) in [6.07, 6.45) is -0.222. The van der Waals surface area contributed by atoms with Gasteiger partial charge in [0.2, 0.25) is 17.7 Å². The molecule has 0 saturated carbocycles. The Morgan fingerprint density at radius 2 is 1.43 bits per heavy atom. The molecular formula is C24H36N4O7. The number of carboxylic acid groups (broad SMARTS) is 2. The predicted octanol–water partition coefficient (Wildman–Crippen LogP) is 0.272. The summed E-state index contributed by atoms with van der Waals surface area (Å²) in [4.78, 5) is 61.1. The van der Waals surface area contributed by atoms with Crippen molar-refractivity contribution < 1.29 is 34.2 Å². The van der Waals surface area contributed by atoms with Crippen molar-refractivity contribution in [1.29, 1.82) is 0 Å². The molecule has 0 aromatic heterocycles. The van der Waals surface area contributed by atoms with Crippen LogP contribution in [0.25, 0.3) is 0 Å². The van der Waals surface area contributed by atoms with Gasteiger partial charge < -0.3 is 31.9 Å². The van der Waals surface area contributed by atoms with Gasteiger partial charge in [-0.25, -0.2) is 4.79 Å². The topological polar surface area (TPSA) is 188 Å². The second kappa shape index (κ2) is 14.1. The Hall–Kier alpha value is -3.47. The highest BCUT2D eigenvalue weighted by Gasteiger charge is 2.33. The molecule has 5 atom stereocenters. The molecule has 3 amide bonds. The van der Waals surface area contributed by atoms with Crippen LogP contribution in [0.3, 0.4) is 0 Å². The van der Waals surface area contributed by atoms with Gasteiger partial charge >= 0.3 is 11.9 Å². The van der Waals surface area contributed by atoms with Gasteiger partial charge in [0.05, 0.1) is 12.5 Å². The summed E-state index contributed by atoms with van der Waals surface area (Å²) in [5.74, 6) is -5.48. The van der Waals surface area contributed by atoms with E-state index >= 15 is 0 Å². The molecule has 0 heterocycles. The molecule has 0 fully saturated rings. The Balaban J connectivity index is 3.14. The zero-order valence-electron chi connectivity index (χ0n) is 20.5. The summed E-state index contributed by atoms with van der Waals surface area (Å²) < 4.78 is 0. The van der Waals surface area contributed by atoms with Crippen molar-refractivity contribution in [3.63, 3.8) is 0 Å². The molecule has 0 aliphatic rings. The van der Waals surface area contributed by atoms with Crippen LogP contribution in [-0.2, 0) is 30.4 Å². The molecule has 0 saturated heterocycles. The second-order valence-corrected chi connectivity index (χ2v) is 8.89. The van der Waals surface area contributed by atoms with E-state index in [1.807, 2.05) is 6.07 Å². The fourth-order valence-electron chi connectivity index (χ4n) is 3.22. The van der Waals surface area contributed by atoms with Gasteiger partial charge in [0, 0.05) is 6.42 Å². The number of nitrogens with one attached hydrogen (secondary N) is 3. The van der Waals surface area contributed by atoms with E-state index in [4.69, 9.17) is 10.8 Å². The molecule has 1 aromatic carbocycles. The van der Waals surface area contributed by atoms with Crippen LogP contribution in [0.4, 0.5) is 0 Å². The van der Waals surface area contributed by atoms with Gasteiger partial charge in [0.25, 0.3) is 0 Å². The molecular weight excluding hydrogens is 456 g/mol. The monoisotopic (exact) mass is 492 g/mol. The summed E-state index contributed by atoms with van der Waals surface area (Å²) in [7, 11) is 0. The van der Waals surface area contributed by atoms with E-state index in [0.29, 0.717) is 6.42 Å². The minimum Gasteiger partial charge on any atom is -0.481 e. The van der Waals surface area contributed by atoms with Crippen LogP contribution in [0.1, 0.15) is 46.1 Å². The normalized spacial score (nSPS) is 15.3. The van der Waals surface area contributed by atoms with Crippen LogP contribution >= 0.6 is 0 Å². The molecule has 0 aliphatic carbocycles. The van der Waals surface area contributed by atoms with Gasteiger partial charge in [-0.05, 0) is 17.4 Å². The lowest BCUT2D eigenvalue weighted by atomic mass is 9.96. The molecule has 1 aromatic rings. The smallest absolute Gasteiger partial charge is 0.326 e. The molecule has 7 N–H and O–H groups in total. The number of amides is 3. The predicted molar refractivity (Wildman–Crippen MR) is 128 cm³/mol. The van der Waals surface area contributed by atoms with Crippen molar-refractivity contribution in [2.75, 3.05) is 0 Å². The first kappa shape index (κ1) is 29.6. The Labute approximate surface area is 204 Å². The Morgan fingerprint density at radius 3 is 1.91 bits per heavy atom. The molecule has 0 bridgehead atoms. The minimum absolute atomic E-state index is 0.134. The largest absolute Gasteiger partial charge is 0.481 e. The first-order valence-electron chi connectivity index (χ1n) is 11.5. The summed E-state index contributed by atoms with van der Waals surface area (Å²) in [6, 6.07) is 4.25. The van der Waals surface area contributed by atoms with Crippen LogP contribution in [0.15, 0.2) is 30.3 Å². The SMILES string of the molecule is CCC(C)C(NC(=O)C(Cc1ccccc1)NC(=O)C(N)C(C)C)C(=O)NC(CC(=O)O)C(=O)O. The van der Waals surface area contributed by atoms with Crippen molar-refractivity contribution in [3.8, 4) is 0 Å². The summed E-state index contributed by atoms with van der Waals surface area (Å²) in [6.45, 7) is 7.02. The van der Waals surface area contributed by atoms with E-state index in [1.54, 1.807) is 52.0 Å². The van der Waals surface area contributed by atoms with Crippen molar-refractivity contribution in [1.82, 2.24) is 16.0 Å². The van der Waals surface area contributed by atoms with Crippen molar-refractivity contribution in [3.05, 3.63) is 35.9 Å². The fourth-order valence-corrected chi connectivity index (χ4v) is 3.22. The third kappa shape index (κ3) is 9.73. The van der Waals surface area contributed by atoms with E-state index in [2.05, 4.69) is 16.0 Å². The van der Waals surface area contributed by atoms with Crippen LogP contribution in [0, 0.1) is 11.8 Å². The van der Waals surface area contributed by atoms with Gasteiger partial charge in [0.15, 0.2) is 0 Å². The standard InChI is InChI=1S/C24H36N4O7/c1-5-14(4)20(23(33)27-17(24(34)35)12-18(29)30)28-21(31)16(11-15-9-7-6-8-10-15)26-22(32)19(25)13(2)3/h6-10,13-14,16-17,19-20H,5,11-12,25H2,1-4H3,(H,26,32)(H,27,33)(H,28,31)(H,29,30)(H,34,35). The third-order valence-corrected chi connectivity index (χ3v) is 5.72. The first-order chi connectivity index (χ1) is 16.4. The number of nitrogens with two attached hydrogens (primary N) is 1. The molecule has 194 valence electrons. The van der Waals surface area contributed by atoms with E-state index in [0.717, 1.165) is 5.56 Å². The lowest BCUT2D eigenvalue weighted by Crippen LogP contribution is -2.59. The molecule has 0 spiro atoms. The average Bonchev–Trinajstić information content (AvgIpc) is 2.80. The summed E-state index contributed by atoms with van der Waals surface area (Å²) in [5.41, 5.74) is 6.70. The highest BCUT2D eigenvalue weighted by atomic mass is 16.4. The maximum atomic E-state index is 13.3. The Kier molecular flexibility index (Phi) is 11.9. The lowest BCUT2D eigenvalue weighted by molar-refractivity contribution is -0.147. The first-order valence-corrected chi connectivity index (χ1v) is 11.5. The number of carboxylic acids is 2. The van der Waals surface area contributed by atoms with E-state index in [-0.39, 0.29) is 12.3 Å². The van der Waals surface area contributed by atoms with Crippen LogP contribution in [0.2, 0.25) is 0 Å². The maximum Gasteiger partial charge on any atom is 0.326 e. The summed E-state index contributed by atoms with van der Waals surface area (Å²) >= 11 is 0. The number of carbonyl (C=O) groups is 5. The molecule has 11 heteroatoms. The number of aliphatic carboxylic acids is 2. The van der Waals surface area contributed by atoms with E-state index in [9.17, 15) is 29.1 Å². The maximum absolute atomic E-state index is 13.3. The van der Waals surface area contributed by atoms with Gasteiger partial charge in [0.1, 0.15) is 18.1 Å². The molecule has 0 radical (unpaired) electrons. The van der Waals surface area contributed by atoms with Crippen LogP contribution in [0.5, 0.6) is 0 Å². The average molecular weight is 493 g/mol. The molecule has 35 heavy (non-hydrogen) atoms. The Bertz CT molecular complexity index is 891. The van der Waals surface area contributed by atoms with Gasteiger partial charge in [-0.2, -0.15) is 0 Å². The number of carbonyl (C=O) groups excluding carboxylic acids is 3. The quantitative estimate of drug-likeness (QED) is 0.213. The highest BCUT2D eigenvalue weighted by molar-refractivity contribution is 5.95. The zero-order chi connectivity index (χ0) is 26.7. The summed E-state index contributed by atoms with van der Waals surface area (Å²) in [5, 5.41) is 25.6. The Morgan fingerprint density at radius 1 is 0.857 bits per heavy atom. The number of rotatable bonds is 14. The fraction of sp³-hybridized carbons (Fsp3) is 0.542. The van der Waals surface area contributed by atoms with Crippen molar-refractivity contribution in [2.24, 2.45) is 17.6 Å². The van der Waals surface area contributed by atoms with Crippen molar-refractivity contribution in [2.45, 2.75) is 71.1 Å². The molecule has 5 unspecified atom stereocenters. The lowest BCUT2D eigenvalue weighted by Gasteiger charge is -2.28. The van der Waals surface area contributed by atoms with Gasteiger partial charge in [-0.3, -0.25) is 19.2 Å². The molecule has 11 nitrogen and oxygen atoms in total. The van der Waals surface area contributed by atoms with E-state index < -0.39 is 66.2 Å². The van der Waals surface area contributed by atoms with Gasteiger partial charge in [-0.15, -0.1) is 0 Å². The number of hydrogen-bond acceptors (Lipinski definition) is 6. The number of hydrogen-bond donors (Lipinski definition) is 6. The third-order valence-electron chi connectivity index (χ3n) is 5.72. The van der Waals surface area contributed by atoms with Crippen LogP contribution < -0.4 is 21.7 Å². The molecule has 0 aliphatic heterocycles. The second-order valence-electron chi connectivity index (χ2n) is 8.89. The number of benzene rings is 1. The van der Waals surface area contributed by atoms with Crippen LogP contribution in [-0.4, -0.2) is 64.0 Å². The minimum atomic E-state index is -1.66. The van der Waals surface area contributed by atoms with E-state index in [1.165, 1.54) is 0 Å².